The van der Waals surface area contributed by atoms with Crippen LogP contribution in [0, 0.1) is 0 Å². The molecule has 0 aliphatic heterocycles. The Labute approximate surface area is 198 Å². The maximum absolute atomic E-state index is 12.3. The molecule has 0 saturated carbocycles. The average Bonchev–Trinajstić information content (AvgIpc) is 3.21. The molecule has 0 fully saturated rings. The number of amides is 2. The molecule has 2 amide bonds. The third kappa shape index (κ3) is 6.26. The van der Waals surface area contributed by atoms with Crippen LogP contribution in [0.15, 0.2) is 96.0 Å². The van der Waals surface area contributed by atoms with E-state index < -0.39 is 0 Å². The number of nitrogens with one attached hydrogen (secondary N) is 2. The van der Waals surface area contributed by atoms with Crippen molar-refractivity contribution in [1.82, 2.24) is 15.2 Å². The molecule has 1 heterocycles. The van der Waals surface area contributed by atoms with E-state index in [1.807, 2.05) is 48.5 Å². The van der Waals surface area contributed by atoms with Crippen LogP contribution in [0.25, 0.3) is 10.9 Å². The fourth-order valence-corrected chi connectivity index (χ4v) is 4.60. The van der Waals surface area contributed by atoms with Crippen LogP contribution in [-0.2, 0) is 17.8 Å². The van der Waals surface area contributed by atoms with E-state index in [2.05, 4.69) is 45.7 Å². The molecule has 1 aromatic heterocycles. The van der Waals surface area contributed by atoms with Crippen molar-refractivity contribution in [1.29, 1.82) is 0 Å². The number of rotatable bonds is 10. The Hall–Kier alpha value is -3.51. The summed E-state index contributed by atoms with van der Waals surface area (Å²) in [5.41, 5.74) is 2.97. The highest BCUT2D eigenvalue weighted by molar-refractivity contribution is 8.00. The normalized spacial score (nSPS) is 10.8. The van der Waals surface area contributed by atoms with E-state index in [4.69, 9.17) is 0 Å². The summed E-state index contributed by atoms with van der Waals surface area (Å²) in [6.07, 6.45) is 2.90. The molecule has 0 spiro atoms. The number of aromatic nitrogens is 1. The smallest absolute Gasteiger partial charge is 0.251 e. The maximum Gasteiger partial charge on any atom is 0.251 e. The van der Waals surface area contributed by atoms with Gasteiger partial charge in [-0.25, -0.2) is 0 Å². The molecule has 0 unspecified atom stereocenters. The monoisotopic (exact) mass is 457 g/mol. The summed E-state index contributed by atoms with van der Waals surface area (Å²) in [4.78, 5) is 25.7. The molecule has 0 atom stereocenters. The topological polar surface area (TPSA) is 63.1 Å². The Kier molecular flexibility index (Phi) is 7.82. The fraction of sp³-hybridized carbons (Fsp3) is 0.185. The first kappa shape index (κ1) is 22.7. The van der Waals surface area contributed by atoms with Gasteiger partial charge in [0.05, 0.1) is 5.75 Å². The van der Waals surface area contributed by atoms with Crippen molar-refractivity contribution in [2.24, 2.45) is 0 Å². The molecule has 33 heavy (non-hydrogen) atoms. The lowest BCUT2D eigenvalue weighted by Crippen LogP contribution is -2.27. The molecule has 0 radical (unpaired) electrons. The van der Waals surface area contributed by atoms with Gasteiger partial charge in [-0.15, -0.1) is 11.8 Å². The van der Waals surface area contributed by atoms with Crippen molar-refractivity contribution >= 4 is 34.5 Å². The lowest BCUT2D eigenvalue weighted by molar-refractivity contribution is -0.118. The lowest BCUT2D eigenvalue weighted by Gasteiger charge is -2.07. The van der Waals surface area contributed by atoms with E-state index in [9.17, 15) is 9.59 Å². The summed E-state index contributed by atoms with van der Waals surface area (Å²) in [5.74, 6) is 0.324. The number of nitrogens with zero attached hydrogens (tertiary/aromatic N) is 1. The van der Waals surface area contributed by atoms with Crippen LogP contribution in [-0.4, -0.2) is 35.2 Å². The summed E-state index contributed by atoms with van der Waals surface area (Å²) in [6, 6.07) is 27.5. The summed E-state index contributed by atoms with van der Waals surface area (Å²) < 4.78 is 2.14. The highest BCUT2D eigenvalue weighted by Gasteiger charge is 2.11. The van der Waals surface area contributed by atoms with E-state index in [1.165, 1.54) is 5.56 Å². The summed E-state index contributed by atoms with van der Waals surface area (Å²) in [7, 11) is 0. The predicted octanol–water partition coefficient (Wildman–Crippen LogP) is 4.52. The Bertz CT molecular complexity index is 1210. The van der Waals surface area contributed by atoms with Crippen molar-refractivity contribution in [3.63, 3.8) is 0 Å². The van der Waals surface area contributed by atoms with E-state index in [0.717, 1.165) is 22.2 Å². The molecular formula is C27H27N3O2S. The zero-order chi connectivity index (χ0) is 22.9. The van der Waals surface area contributed by atoms with Crippen LogP contribution in [0.3, 0.4) is 0 Å². The molecule has 168 valence electrons. The van der Waals surface area contributed by atoms with Crippen molar-refractivity contribution in [2.45, 2.75) is 17.9 Å². The third-order valence-electron chi connectivity index (χ3n) is 5.36. The predicted molar refractivity (Wildman–Crippen MR) is 135 cm³/mol. The van der Waals surface area contributed by atoms with Crippen LogP contribution in [0.4, 0.5) is 0 Å². The highest BCUT2D eigenvalue weighted by atomic mass is 32.2. The fourth-order valence-electron chi connectivity index (χ4n) is 3.68. The average molecular weight is 458 g/mol. The quantitative estimate of drug-likeness (QED) is 0.344. The van der Waals surface area contributed by atoms with Crippen LogP contribution in [0.5, 0.6) is 0 Å². The van der Waals surface area contributed by atoms with Crippen LogP contribution in [0.1, 0.15) is 15.9 Å². The minimum atomic E-state index is -0.0752. The standard InChI is InChI=1S/C27H27N3O2S/c31-26(28-16-15-21-9-3-1-4-10-21)20-33-25-19-30(24-14-8-7-13-23(24)25)18-17-29-27(32)22-11-5-2-6-12-22/h1-14,19H,15-18,20H2,(H,28,31)(H,29,32). The second-order valence-corrected chi connectivity index (χ2v) is 8.72. The molecular weight excluding hydrogens is 430 g/mol. The third-order valence-corrected chi connectivity index (χ3v) is 6.41. The van der Waals surface area contributed by atoms with Gasteiger partial charge in [0.25, 0.3) is 5.91 Å². The number of para-hydroxylation sites is 1. The molecule has 4 rings (SSSR count). The molecule has 4 aromatic rings. The van der Waals surface area contributed by atoms with Crippen LogP contribution in [0.2, 0.25) is 0 Å². The van der Waals surface area contributed by atoms with Crippen LogP contribution >= 0.6 is 11.8 Å². The van der Waals surface area contributed by atoms with Gasteiger partial charge in [-0.3, -0.25) is 9.59 Å². The minimum Gasteiger partial charge on any atom is -0.355 e. The molecule has 3 aromatic carbocycles. The molecule has 0 saturated heterocycles. The Morgan fingerprint density at radius 3 is 2.27 bits per heavy atom. The van der Waals surface area contributed by atoms with Gasteiger partial charge in [-0.05, 0) is 30.2 Å². The SMILES string of the molecule is O=C(CSc1cn(CCNC(=O)c2ccccc2)c2ccccc12)NCCc1ccccc1. The van der Waals surface area contributed by atoms with E-state index in [-0.39, 0.29) is 11.8 Å². The van der Waals surface area contributed by atoms with E-state index in [1.54, 1.807) is 23.9 Å². The first-order valence-corrected chi connectivity index (χ1v) is 12.0. The van der Waals surface area contributed by atoms with Gasteiger partial charge >= 0.3 is 0 Å². The number of fused-ring (bicyclic) bond motifs is 1. The number of carbonyl (C=O) groups is 2. The number of carbonyl (C=O) groups excluding carboxylic acids is 2. The van der Waals surface area contributed by atoms with Crippen molar-refractivity contribution in [3.8, 4) is 0 Å². The zero-order valence-corrected chi connectivity index (χ0v) is 19.2. The second-order valence-electron chi connectivity index (χ2n) is 7.70. The zero-order valence-electron chi connectivity index (χ0n) is 18.4. The maximum atomic E-state index is 12.3. The van der Waals surface area contributed by atoms with Crippen molar-refractivity contribution in [3.05, 3.63) is 102 Å². The largest absolute Gasteiger partial charge is 0.355 e. The summed E-state index contributed by atoms with van der Waals surface area (Å²) in [5, 5.41) is 7.10. The Morgan fingerprint density at radius 1 is 0.788 bits per heavy atom. The van der Waals surface area contributed by atoms with Gasteiger partial charge in [-0.1, -0.05) is 66.7 Å². The first-order chi connectivity index (χ1) is 16.2. The molecule has 5 nitrogen and oxygen atoms in total. The highest BCUT2D eigenvalue weighted by Crippen LogP contribution is 2.29. The molecule has 6 heteroatoms. The van der Waals surface area contributed by atoms with Gasteiger partial charge in [0.1, 0.15) is 0 Å². The van der Waals surface area contributed by atoms with Crippen LogP contribution < -0.4 is 10.6 Å². The van der Waals surface area contributed by atoms with E-state index >= 15 is 0 Å². The molecule has 0 aliphatic carbocycles. The van der Waals surface area contributed by atoms with Gasteiger partial charge in [0.2, 0.25) is 5.91 Å². The Morgan fingerprint density at radius 2 is 1.48 bits per heavy atom. The van der Waals surface area contributed by atoms with E-state index in [0.29, 0.717) is 31.0 Å². The minimum absolute atomic E-state index is 0.0305. The van der Waals surface area contributed by atoms with Gasteiger partial charge in [-0.2, -0.15) is 0 Å². The number of hydrogen-bond donors (Lipinski definition) is 2. The molecule has 0 aliphatic rings. The van der Waals surface area contributed by atoms with Crippen molar-refractivity contribution < 1.29 is 9.59 Å². The number of hydrogen-bond acceptors (Lipinski definition) is 3. The molecule has 0 bridgehead atoms. The number of thioether (sulfide) groups is 1. The summed E-state index contributed by atoms with van der Waals surface area (Å²) >= 11 is 1.54. The summed E-state index contributed by atoms with van der Waals surface area (Å²) in [6.45, 7) is 1.81. The second kappa shape index (κ2) is 11.4. The number of benzene rings is 3. The molecule has 2 N–H and O–H groups in total. The van der Waals surface area contributed by atoms with Crippen molar-refractivity contribution in [2.75, 3.05) is 18.8 Å². The van der Waals surface area contributed by atoms with Gasteiger partial charge < -0.3 is 15.2 Å². The Balaban J connectivity index is 1.31. The lowest BCUT2D eigenvalue weighted by atomic mass is 10.1. The van der Waals surface area contributed by atoms with Gasteiger partial charge in [0, 0.05) is 47.2 Å². The first-order valence-electron chi connectivity index (χ1n) is 11.1. The van der Waals surface area contributed by atoms with Gasteiger partial charge in [0.15, 0.2) is 0 Å².